The monoisotopic (exact) mass is 503 g/mol. The van der Waals surface area contributed by atoms with E-state index in [2.05, 4.69) is 41.9 Å². The van der Waals surface area contributed by atoms with Crippen LogP contribution in [0.15, 0.2) is 42.9 Å². The van der Waals surface area contributed by atoms with Crippen molar-refractivity contribution >= 4 is 16.9 Å². The second kappa shape index (κ2) is 10.6. The molecule has 0 unspecified atom stereocenters. The molecule has 2 aromatic heterocycles. The number of benzene rings is 2. The van der Waals surface area contributed by atoms with Crippen LogP contribution < -0.4 is 19.1 Å². The van der Waals surface area contributed by atoms with Crippen LogP contribution in [-0.4, -0.2) is 60.3 Å². The highest BCUT2D eigenvalue weighted by Gasteiger charge is 2.24. The lowest BCUT2D eigenvalue weighted by Gasteiger charge is -2.27. The zero-order valence-corrected chi connectivity index (χ0v) is 22.0. The summed E-state index contributed by atoms with van der Waals surface area (Å²) >= 11 is 0. The van der Waals surface area contributed by atoms with Crippen LogP contribution in [-0.2, 0) is 11.3 Å². The number of anilines is 1. The number of nitrogens with zero attached hydrogens (tertiary/aromatic N) is 5. The van der Waals surface area contributed by atoms with Crippen LogP contribution in [0.25, 0.3) is 16.7 Å². The van der Waals surface area contributed by atoms with Gasteiger partial charge in [-0.3, -0.25) is 0 Å². The molecule has 9 nitrogen and oxygen atoms in total. The van der Waals surface area contributed by atoms with Gasteiger partial charge >= 0.3 is 0 Å². The summed E-state index contributed by atoms with van der Waals surface area (Å²) in [5, 5.41) is 5.59. The molecular weight excluding hydrogens is 470 g/mol. The molecule has 0 aliphatic carbocycles. The molecule has 0 amide bonds. The van der Waals surface area contributed by atoms with Gasteiger partial charge in [0.25, 0.3) is 0 Å². The number of methoxy groups -OCH3 is 3. The number of ether oxygens (including phenoxy) is 4. The Kier molecular flexibility index (Phi) is 7.14. The molecule has 3 heterocycles. The second-order valence-electron chi connectivity index (χ2n) is 9.39. The molecule has 0 N–H and O–H groups in total. The standard InChI is InChI=1S/C28H33N5O4/c1-18-9-19(2)11-21(10-18)33-28-23(14-31-33)27(29-17-30-28)32(16-22-7-6-8-37-22)15-20-12-24(34-3)26(36-5)25(13-20)35-4/h9-14,17,22H,6-8,15-16H2,1-5H3/t22-/m0/s1. The highest BCUT2D eigenvalue weighted by molar-refractivity contribution is 5.87. The third-order valence-electron chi connectivity index (χ3n) is 6.64. The minimum absolute atomic E-state index is 0.126. The molecule has 0 saturated carbocycles. The van der Waals surface area contributed by atoms with Crippen molar-refractivity contribution in [3.05, 3.63) is 59.5 Å². The average Bonchev–Trinajstić information content (AvgIpc) is 3.57. The van der Waals surface area contributed by atoms with Crippen LogP contribution in [0.5, 0.6) is 17.2 Å². The fourth-order valence-corrected chi connectivity index (χ4v) is 5.05. The Morgan fingerprint density at radius 1 is 0.973 bits per heavy atom. The number of fused-ring (bicyclic) bond motifs is 1. The summed E-state index contributed by atoms with van der Waals surface area (Å²) in [6, 6.07) is 10.3. The van der Waals surface area contributed by atoms with Crippen molar-refractivity contribution in [3.63, 3.8) is 0 Å². The zero-order valence-electron chi connectivity index (χ0n) is 22.0. The van der Waals surface area contributed by atoms with E-state index in [1.807, 2.05) is 23.0 Å². The van der Waals surface area contributed by atoms with Gasteiger partial charge in [0.2, 0.25) is 5.75 Å². The highest BCUT2D eigenvalue weighted by Crippen LogP contribution is 2.39. The van der Waals surface area contributed by atoms with E-state index >= 15 is 0 Å². The van der Waals surface area contributed by atoms with E-state index in [0.717, 1.165) is 47.6 Å². The van der Waals surface area contributed by atoms with Gasteiger partial charge < -0.3 is 23.8 Å². The Labute approximate surface area is 216 Å². The van der Waals surface area contributed by atoms with Crippen LogP contribution in [0, 0.1) is 13.8 Å². The minimum Gasteiger partial charge on any atom is -0.493 e. The summed E-state index contributed by atoms with van der Waals surface area (Å²) < 4.78 is 24.6. The fraction of sp³-hybridized carbons (Fsp3) is 0.393. The molecule has 0 spiro atoms. The molecule has 0 bridgehead atoms. The van der Waals surface area contributed by atoms with Crippen LogP contribution in [0.4, 0.5) is 5.82 Å². The summed E-state index contributed by atoms with van der Waals surface area (Å²) in [5.41, 5.74) is 5.09. The largest absolute Gasteiger partial charge is 0.493 e. The lowest BCUT2D eigenvalue weighted by atomic mass is 10.1. The smallest absolute Gasteiger partial charge is 0.203 e. The Hall–Kier alpha value is -3.85. The van der Waals surface area contributed by atoms with Gasteiger partial charge in [-0.1, -0.05) is 6.07 Å². The predicted molar refractivity (Wildman–Crippen MR) is 142 cm³/mol. The van der Waals surface area contributed by atoms with E-state index in [1.54, 1.807) is 27.7 Å². The van der Waals surface area contributed by atoms with Gasteiger partial charge in [0.15, 0.2) is 17.1 Å². The average molecular weight is 504 g/mol. The minimum atomic E-state index is 0.126. The van der Waals surface area contributed by atoms with Crippen molar-refractivity contribution in [2.45, 2.75) is 39.3 Å². The first-order valence-corrected chi connectivity index (χ1v) is 12.4. The maximum absolute atomic E-state index is 6.01. The van der Waals surface area contributed by atoms with E-state index in [9.17, 15) is 0 Å². The normalized spacial score (nSPS) is 15.2. The molecule has 9 heteroatoms. The van der Waals surface area contributed by atoms with Gasteiger partial charge in [0.1, 0.15) is 12.1 Å². The van der Waals surface area contributed by atoms with Gasteiger partial charge in [0.05, 0.1) is 44.7 Å². The lowest BCUT2D eigenvalue weighted by molar-refractivity contribution is 0.115. The van der Waals surface area contributed by atoms with Gasteiger partial charge in [-0.15, -0.1) is 0 Å². The molecule has 1 fully saturated rings. The van der Waals surface area contributed by atoms with Gasteiger partial charge in [-0.25, -0.2) is 14.6 Å². The van der Waals surface area contributed by atoms with Crippen LogP contribution in [0.2, 0.25) is 0 Å². The van der Waals surface area contributed by atoms with E-state index < -0.39 is 0 Å². The first-order chi connectivity index (χ1) is 18.0. The Bertz CT molecular complexity index is 1350. The number of aromatic nitrogens is 4. The summed E-state index contributed by atoms with van der Waals surface area (Å²) in [5.74, 6) is 2.61. The van der Waals surface area contributed by atoms with Gasteiger partial charge in [-0.2, -0.15) is 5.10 Å². The second-order valence-corrected chi connectivity index (χ2v) is 9.39. The summed E-state index contributed by atoms with van der Waals surface area (Å²) in [4.78, 5) is 11.6. The molecule has 5 rings (SSSR count). The molecule has 2 aromatic carbocycles. The van der Waals surface area contributed by atoms with Crippen molar-refractivity contribution < 1.29 is 18.9 Å². The van der Waals surface area contributed by atoms with Crippen molar-refractivity contribution in [1.82, 2.24) is 19.7 Å². The van der Waals surface area contributed by atoms with E-state index in [-0.39, 0.29) is 6.10 Å². The lowest BCUT2D eigenvalue weighted by Crippen LogP contribution is -2.32. The van der Waals surface area contributed by atoms with Gasteiger partial charge in [-0.05, 0) is 67.6 Å². The fourth-order valence-electron chi connectivity index (χ4n) is 5.05. The topological polar surface area (TPSA) is 83.8 Å². The molecular formula is C28H33N5O4. The number of hydrogen-bond acceptors (Lipinski definition) is 8. The third kappa shape index (κ3) is 5.04. The summed E-state index contributed by atoms with van der Waals surface area (Å²) in [6.07, 6.45) is 5.66. The first-order valence-electron chi connectivity index (χ1n) is 12.4. The van der Waals surface area contributed by atoms with Crippen LogP contribution in [0.1, 0.15) is 29.5 Å². The number of hydrogen-bond donors (Lipinski definition) is 0. The first kappa shape index (κ1) is 24.8. The molecule has 1 atom stereocenters. The predicted octanol–water partition coefficient (Wildman–Crippen LogP) is 4.64. The van der Waals surface area contributed by atoms with Gasteiger partial charge in [0, 0.05) is 19.7 Å². The van der Waals surface area contributed by atoms with Crippen LogP contribution in [0.3, 0.4) is 0 Å². The van der Waals surface area contributed by atoms with Crippen LogP contribution >= 0.6 is 0 Å². The van der Waals surface area contributed by atoms with Crippen molar-refractivity contribution in [2.24, 2.45) is 0 Å². The molecule has 1 aliphatic heterocycles. The number of aryl methyl sites for hydroxylation is 2. The Morgan fingerprint density at radius 3 is 2.32 bits per heavy atom. The highest BCUT2D eigenvalue weighted by atomic mass is 16.5. The Morgan fingerprint density at radius 2 is 1.70 bits per heavy atom. The molecule has 37 heavy (non-hydrogen) atoms. The van der Waals surface area contributed by atoms with Crippen molar-refractivity contribution in [3.8, 4) is 22.9 Å². The van der Waals surface area contributed by atoms with Crippen molar-refractivity contribution in [2.75, 3.05) is 39.4 Å². The Balaban J connectivity index is 1.57. The SMILES string of the molecule is COc1cc(CN(C[C@@H]2CCCO2)c2ncnc3c2cnn3-c2cc(C)cc(C)c2)cc(OC)c1OC. The van der Waals surface area contributed by atoms with E-state index in [0.29, 0.717) is 30.3 Å². The zero-order chi connectivity index (χ0) is 25.9. The van der Waals surface area contributed by atoms with E-state index in [4.69, 9.17) is 29.0 Å². The summed E-state index contributed by atoms with van der Waals surface area (Å²) in [6.45, 7) is 6.22. The van der Waals surface area contributed by atoms with E-state index in [1.165, 1.54) is 11.1 Å². The third-order valence-corrected chi connectivity index (χ3v) is 6.64. The quantitative estimate of drug-likeness (QED) is 0.327. The molecule has 0 radical (unpaired) electrons. The maximum atomic E-state index is 6.01. The van der Waals surface area contributed by atoms with Crippen molar-refractivity contribution in [1.29, 1.82) is 0 Å². The number of rotatable bonds is 9. The molecule has 4 aromatic rings. The summed E-state index contributed by atoms with van der Waals surface area (Å²) in [7, 11) is 4.86. The maximum Gasteiger partial charge on any atom is 0.203 e. The molecule has 1 aliphatic rings. The molecule has 194 valence electrons. The molecule has 1 saturated heterocycles.